The van der Waals surface area contributed by atoms with Gasteiger partial charge in [-0.05, 0) is 31.8 Å². The van der Waals surface area contributed by atoms with Crippen LogP contribution in [0.4, 0.5) is 0 Å². The first kappa shape index (κ1) is 11.2. The summed E-state index contributed by atoms with van der Waals surface area (Å²) < 4.78 is 0. The van der Waals surface area contributed by atoms with Crippen molar-refractivity contribution < 1.29 is 4.79 Å². The van der Waals surface area contributed by atoms with Gasteiger partial charge in [-0.15, -0.1) is 0 Å². The van der Waals surface area contributed by atoms with E-state index in [1.165, 1.54) is 5.57 Å². The lowest BCUT2D eigenvalue weighted by Gasteiger charge is -2.19. The van der Waals surface area contributed by atoms with Crippen molar-refractivity contribution in [2.24, 2.45) is 5.41 Å². The minimum absolute atomic E-state index is 0.0947. The Labute approximate surface area is 75.2 Å². The van der Waals surface area contributed by atoms with Crippen LogP contribution in [0.5, 0.6) is 0 Å². The molecule has 0 bridgehead atoms. The van der Waals surface area contributed by atoms with Gasteiger partial charge in [0.15, 0.2) is 0 Å². The molecule has 0 N–H and O–H groups in total. The molecule has 12 heavy (non-hydrogen) atoms. The van der Waals surface area contributed by atoms with Crippen LogP contribution in [-0.2, 0) is 4.79 Å². The summed E-state index contributed by atoms with van der Waals surface area (Å²) in [5.41, 5.74) is 1.45. The second-order valence-electron chi connectivity index (χ2n) is 3.80. The summed E-state index contributed by atoms with van der Waals surface area (Å²) in [5.74, 6) is 0. The molecule has 0 radical (unpaired) electrons. The minimum atomic E-state index is 0.0947. The molecular weight excluding hydrogens is 148 g/mol. The molecule has 0 heterocycles. The van der Waals surface area contributed by atoms with E-state index in [1.54, 1.807) is 6.08 Å². The van der Waals surface area contributed by atoms with E-state index in [4.69, 9.17) is 0 Å². The fourth-order valence-electron chi connectivity index (χ4n) is 1.18. The number of carbonyl (C=O) groups is 1. The van der Waals surface area contributed by atoms with Crippen molar-refractivity contribution in [1.29, 1.82) is 0 Å². The van der Waals surface area contributed by atoms with Gasteiger partial charge < -0.3 is 0 Å². The molecule has 0 saturated carbocycles. The fraction of sp³-hybridized carbons (Fsp3) is 0.545. The predicted octanol–water partition coefficient (Wildman–Crippen LogP) is 3.12. The summed E-state index contributed by atoms with van der Waals surface area (Å²) in [7, 11) is 0. The summed E-state index contributed by atoms with van der Waals surface area (Å²) in [6, 6.07) is 0. The van der Waals surface area contributed by atoms with E-state index in [0.717, 1.165) is 12.7 Å². The third-order valence-corrected chi connectivity index (χ3v) is 1.85. The van der Waals surface area contributed by atoms with Crippen molar-refractivity contribution in [3.8, 4) is 0 Å². The first-order valence-electron chi connectivity index (χ1n) is 4.26. The van der Waals surface area contributed by atoms with Gasteiger partial charge in [0.2, 0.25) is 0 Å². The van der Waals surface area contributed by atoms with Crippen molar-refractivity contribution >= 4 is 6.29 Å². The highest BCUT2D eigenvalue weighted by Crippen LogP contribution is 2.26. The van der Waals surface area contributed by atoms with Gasteiger partial charge in [0.25, 0.3) is 0 Å². The van der Waals surface area contributed by atoms with Crippen LogP contribution in [-0.4, -0.2) is 6.29 Å². The Morgan fingerprint density at radius 1 is 1.42 bits per heavy atom. The van der Waals surface area contributed by atoms with Gasteiger partial charge in [-0.3, -0.25) is 4.79 Å². The molecule has 0 aromatic carbocycles. The van der Waals surface area contributed by atoms with Crippen LogP contribution < -0.4 is 0 Å². The quantitative estimate of drug-likeness (QED) is 0.356. The molecule has 0 rings (SSSR count). The van der Waals surface area contributed by atoms with Crippen LogP contribution in [0, 0.1) is 5.41 Å². The van der Waals surface area contributed by atoms with Crippen LogP contribution in [0.15, 0.2) is 23.8 Å². The summed E-state index contributed by atoms with van der Waals surface area (Å²) in [6.45, 7) is 8.39. The van der Waals surface area contributed by atoms with Crippen LogP contribution >= 0.6 is 0 Å². The van der Waals surface area contributed by atoms with Gasteiger partial charge in [0.1, 0.15) is 6.29 Å². The van der Waals surface area contributed by atoms with Crippen LogP contribution in [0.1, 0.15) is 34.1 Å². The Bertz CT molecular complexity index is 197. The zero-order chi connectivity index (χ0) is 9.61. The van der Waals surface area contributed by atoms with E-state index in [2.05, 4.69) is 26.8 Å². The smallest absolute Gasteiger partial charge is 0.142 e. The highest BCUT2D eigenvalue weighted by molar-refractivity contribution is 5.64. The van der Waals surface area contributed by atoms with Crippen LogP contribution in [0.2, 0.25) is 0 Å². The summed E-state index contributed by atoms with van der Waals surface area (Å²) >= 11 is 0. The molecule has 0 aromatic rings. The summed E-state index contributed by atoms with van der Waals surface area (Å²) in [4.78, 5) is 10.1. The number of aldehydes is 1. The highest BCUT2D eigenvalue weighted by Gasteiger charge is 2.13. The average Bonchev–Trinajstić information content (AvgIpc) is 2.00. The predicted molar refractivity (Wildman–Crippen MR) is 53.0 cm³/mol. The maximum Gasteiger partial charge on any atom is 0.142 e. The number of hydrogen-bond acceptors (Lipinski definition) is 1. The third kappa shape index (κ3) is 4.89. The molecule has 0 unspecified atom stereocenters. The molecule has 0 amide bonds. The van der Waals surface area contributed by atoms with Gasteiger partial charge in [-0.2, -0.15) is 0 Å². The van der Waals surface area contributed by atoms with Crippen LogP contribution in [0.25, 0.3) is 0 Å². The maximum absolute atomic E-state index is 10.1. The Hall–Kier alpha value is -0.850. The number of hydrogen-bond donors (Lipinski definition) is 0. The molecule has 0 atom stereocenters. The van der Waals surface area contributed by atoms with Gasteiger partial charge in [0, 0.05) is 0 Å². The molecular formula is C11H18O. The van der Waals surface area contributed by atoms with Crippen molar-refractivity contribution in [2.75, 3.05) is 0 Å². The SMILES string of the molecule is CC=C(C)CC(C)(C)C=CC=O. The number of allylic oxidation sites excluding steroid dienone is 4. The van der Waals surface area contributed by atoms with E-state index in [0.29, 0.717) is 0 Å². The molecule has 1 heteroatoms. The molecule has 0 spiro atoms. The molecule has 68 valence electrons. The molecule has 0 fully saturated rings. The largest absolute Gasteiger partial charge is 0.299 e. The standard InChI is InChI=1S/C11H18O/c1-5-10(2)9-11(3,4)7-6-8-12/h5-8H,9H2,1-4H3. The van der Waals surface area contributed by atoms with Crippen molar-refractivity contribution in [2.45, 2.75) is 34.1 Å². The highest BCUT2D eigenvalue weighted by atomic mass is 16.1. The monoisotopic (exact) mass is 166 g/mol. The zero-order valence-corrected chi connectivity index (χ0v) is 8.42. The Morgan fingerprint density at radius 2 is 2.00 bits per heavy atom. The van der Waals surface area contributed by atoms with Crippen molar-refractivity contribution in [3.05, 3.63) is 23.8 Å². The molecule has 1 nitrogen and oxygen atoms in total. The average molecular weight is 166 g/mol. The summed E-state index contributed by atoms with van der Waals surface area (Å²) in [6.07, 6.45) is 7.47. The Morgan fingerprint density at radius 3 is 2.42 bits per heavy atom. The first-order valence-corrected chi connectivity index (χ1v) is 4.26. The summed E-state index contributed by atoms with van der Waals surface area (Å²) in [5, 5.41) is 0. The maximum atomic E-state index is 10.1. The topological polar surface area (TPSA) is 17.1 Å². The van der Waals surface area contributed by atoms with Gasteiger partial charge in [-0.1, -0.05) is 31.6 Å². The second-order valence-corrected chi connectivity index (χ2v) is 3.80. The zero-order valence-electron chi connectivity index (χ0n) is 8.42. The van der Waals surface area contributed by atoms with Gasteiger partial charge in [-0.25, -0.2) is 0 Å². The Kier molecular flexibility index (Phi) is 4.57. The fourth-order valence-corrected chi connectivity index (χ4v) is 1.18. The molecule has 0 saturated heterocycles. The van der Waals surface area contributed by atoms with Gasteiger partial charge in [0.05, 0.1) is 0 Å². The molecule has 0 aliphatic rings. The second kappa shape index (κ2) is 4.91. The van der Waals surface area contributed by atoms with E-state index >= 15 is 0 Å². The first-order chi connectivity index (χ1) is 5.52. The third-order valence-electron chi connectivity index (χ3n) is 1.85. The Balaban J connectivity index is 4.21. The number of carbonyl (C=O) groups excluding carboxylic acids is 1. The van der Waals surface area contributed by atoms with Gasteiger partial charge >= 0.3 is 0 Å². The van der Waals surface area contributed by atoms with Crippen LogP contribution in [0.3, 0.4) is 0 Å². The lowest BCUT2D eigenvalue weighted by molar-refractivity contribution is -0.104. The van der Waals surface area contributed by atoms with E-state index in [1.807, 2.05) is 13.0 Å². The lowest BCUT2D eigenvalue weighted by Crippen LogP contribution is -2.07. The lowest BCUT2D eigenvalue weighted by atomic mass is 9.85. The van der Waals surface area contributed by atoms with Crippen molar-refractivity contribution in [3.63, 3.8) is 0 Å². The molecule has 0 aliphatic heterocycles. The van der Waals surface area contributed by atoms with Crippen molar-refractivity contribution in [1.82, 2.24) is 0 Å². The normalized spacial score (nSPS) is 13.8. The van der Waals surface area contributed by atoms with E-state index < -0.39 is 0 Å². The minimum Gasteiger partial charge on any atom is -0.299 e. The van der Waals surface area contributed by atoms with E-state index in [9.17, 15) is 4.79 Å². The molecule has 0 aromatic heterocycles. The van der Waals surface area contributed by atoms with E-state index in [-0.39, 0.29) is 5.41 Å². The number of rotatable bonds is 4. The molecule has 0 aliphatic carbocycles.